The molecular formula is C17H21N3O. The molecule has 2 fully saturated rings. The summed E-state index contributed by atoms with van der Waals surface area (Å²) in [5, 5.41) is 0. The fourth-order valence-corrected chi connectivity index (χ4v) is 3.06. The Kier molecular flexibility index (Phi) is 3.85. The van der Waals surface area contributed by atoms with E-state index in [2.05, 4.69) is 28.8 Å². The summed E-state index contributed by atoms with van der Waals surface area (Å²) >= 11 is 0. The van der Waals surface area contributed by atoms with Crippen molar-refractivity contribution in [2.45, 2.75) is 6.42 Å². The molecule has 110 valence electrons. The average molecular weight is 283 g/mol. The van der Waals surface area contributed by atoms with E-state index in [4.69, 9.17) is 6.42 Å². The number of benzene rings is 1. The normalized spacial score (nSPS) is 23.4. The van der Waals surface area contributed by atoms with Gasteiger partial charge in [0.15, 0.2) is 0 Å². The number of rotatable bonds is 2. The summed E-state index contributed by atoms with van der Waals surface area (Å²) in [4.78, 5) is 18.8. The number of terminal acetylenes is 1. The van der Waals surface area contributed by atoms with Crippen LogP contribution in [0.25, 0.3) is 0 Å². The molecule has 3 rings (SSSR count). The summed E-state index contributed by atoms with van der Waals surface area (Å²) in [5.41, 5.74) is 2.15. The van der Waals surface area contributed by atoms with Crippen LogP contribution in [-0.4, -0.2) is 50.6 Å². The molecule has 2 aliphatic rings. The van der Waals surface area contributed by atoms with E-state index < -0.39 is 0 Å². The first-order chi connectivity index (χ1) is 10.2. The van der Waals surface area contributed by atoms with E-state index >= 15 is 0 Å². The lowest BCUT2D eigenvalue weighted by atomic mass is 10.1. The van der Waals surface area contributed by atoms with Gasteiger partial charge in [-0.25, -0.2) is 0 Å². The van der Waals surface area contributed by atoms with Crippen molar-refractivity contribution in [3.8, 4) is 12.3 Å². The zero-order valence-electron chi connectivity index (χ0n) is 12.5. The molecule has 0 N–H and O–H groups in total. The zero-order chi connectivity index (χ0) is 14.8. The quantitative estimate of drug-likeness (QED) is 0.768. The van der Waals surface area contributed by atoms with Crippen LogP contribution in [0.4, 0.5) is 11.4 Å². The van der Waals surface area contributed by atoms with Gasteiger partial charge in [0.2, 0.25) is 5.91 Å². The molecule has 0 saturated carbocycles. The SMILES string of the molecule is C#CC1CC(=O)N(c2ccccc2N2CCN(C)CC2)C1. The monoisotopic (exact) mass is 283 g/mol. The Balaban J connectivity index is 1.87. The number of piperazine rings is 1. The summed E-state index contributed by atoms with van der Waals surface area (Å²) in [6, 6.07) is 8.17. The second-order valence-corrected chi connectivity index (χ2v) is 5.85. The number of amides is 1. The molecule has 2 heterocycles. The number of carbonyl (C=O) groups excluding carboxylic acids is 1. The van der Waals surface area contributed by atoms with Crippen molar-refractivity contribution in [1.82, 2.24) is 4.90 Å². The molecule has 1 aromatic rings. The number of para-hydroxylation sites is 2. The fraction of sp³-hybridized carbons (Fsp3) is 0.471. The molecule has 0 aromatic heterocycles. The Labute approximate surface area is 126 Å². The first kappa shape index (κ1) is 14.0. The highest BCUT2D eigenvalue weighted by atomic mass is 16.2. The highest BCUT2D eigenvalue weighted by Crippen LogP contribution is 2.33. The van der Waals surface area contributed by atoms with Crippen molar-refractivity contribution < 1.29 is 4.79 Å². The van der Waals surface area contributed by atoms with Crippen molar-refractivity contribution in [3.63, 3.8) is 0 Å². The van der Waals surface area contributed by atoms with Gasteiger partial charge in [0.1, 0.15) is 0 Å². The zero-order valence-corrected chi connectivity index (χ0v) is 12.5. The summed E-state index contributed by atoms with van der Waals surface area (Å²) in [7, 11) is 2.14. The molecule has 0 bridgehead atoms. The van der Waals surface area contributed by atoms with Crippen LogP contribution in [0.1, 0.15) is 6.42 Å². The Hall–Kier alpha value is -1.99. The summed E-state index contributed by atoms with van der Waals surface area (Å²) in [6.45, 7) is 4.73. The summed E-state index contributed by atoms with van der Waals surface area (Å²) in [6.07, 6.45) is 5.95. The van der Waals surface area contributed by atoms with E-state index in [0.717, 1.165) is 37.6 Å². The predicted octanol–water partition coefficient (Wildman–Crippen LogP) is 1.42. The van der Waals surface area contributed by atoms with Crippen molar-refractivity contribution >= 4 is 17.3 Å². The third-order valence-corrected chi connectivity index (χ3v) is 4.38. The van der Waals surface area contributed by atoms with E-state index in [1.54, 1.807) is 0 Å². The molecule has 21 heavy (non-hydrogen) atoms. The third kappa shape index (κ3) is 2.74. The number of hydrogen-bond donors (Lipinski definition) is 0. The molecule has 2 aliphatic heterocycles. The smallest absolute Gasteiger partial charge is 0.228 e. The molecule has 4 heteroatoms. The van der Waals surface area contributed by atoms with Gasteiger partial charge in [-0.1, -0.05) is 12.1 Å². The van der Waals surface area contributed by atoms with Crippen LogP contribution < -0.4 is 9.80 Å². The van der Waals surface area contributed by atoms with Crippen LogP contribution in [0.15, 0.2) is 24.3 Å². The first-order valence-corrected chi connectivity index (χ1v) is 7.48. The van der Waals surface area contributed by atoms with Gasteiger partial charge in [-0.15, -0.1) is 12.3 Å². The largest absolute Gasteiger partial charge is 0.367 e. The minimum absolute atomic E-state index is 0.0399. The van der Waals surface area contributed by atoms with Gasteiger partial charge in [0.25, 0.3) is 0 Å². The Morgan fingerprint density at radius 1 is 1.14 bits per heavy atom. The van der Waals surface area contributed by atoms with Gasteiger partial charge in [-0.3, -0.25) is 4.79 Å². The number of carbonyl (C=O) groups is 1. The summed E-state index contributed by atoms with van der Waals surface area (Å²) in [5.74, 6) is 2.89. The highest BCUT2D eigenvalue weighted by Gasteiger charge is 2.31. The van der Waals surface area contributed by atoms with Crippen LogP contribution in [0.3, 0.4) is 0 Å². The summed E-state index contributed by atoms with van der Waals surface area (Å²) < 4.78 is 0. The Bertz CT molecular complexity index is 570. The van der Waals surface area contributed by atoms with E-state index in [1.807, 2.05) is 23.1 Å². The Morgan fingerprint density at radius 2 is 1.81 bits per heavy atom. The Morgan fingerprint density at radius 3 is 2.43 bits per heavy atom. The van der Waals surface area contributed by atoms with E-state index in [9.17, 15) is 4.79 Å². The second kappa shape index (κ2) is 5.79. The van der Waals surface area contributed by atoms with Crippen molar-refractivity contribution in [2.75, 3.05) is 49.6 Å². The molecule has 2 saturated heterocycles. The minimum atomic E-state index is 0.0399. The second-order valence-electron chi connectivity index (χ2n) is 5.85. The maximum absolute atomic E-state index is 12.2. The molecule has 0 spiro atoms. The van der Waals surface area contributed by atoms with E-state index in [1.165, 1.54) is 0 Å². The van der Waals surface area contributed by atoms with Gasteiger partial charge in [-0.2, -0.15) is 0 Å². The molecule has 1 unspecified atom stereocenters. The molecule has 1 atom stereocenters. The fourth-order valence-electron chi connectivity index (χ4n) is 3.06. The minimum Gasteiger partial charge on any atom is -0.367 e. The molecule has 4 nitrogen and oxygen atoms in total. The standard InChI is InChI=1S/C17H21N3O/c1-3-14-12-17(21)20(13-14)16-7-5-4-6-15(16)19-10-8-18(2)9-11-19/h1,4-7,14H,8-13H2,2H3. The lowest BCUT2D eigenvalue weighted by molar-refractivity contribution is -0.117. The highest BCUT2D eigenvalue weighted by molar-refractivity contribution is 5.99. The van der Waals surface area contributed by atoms with Crippen molar-refractivity contribution in [3.05, 3.63) is 24.3 Å². The topological polar surface area (TPSA) is 26.8 Å². The first-order valence-electron chi connectivity index (χ1n) is 7.48. The molecule has 1 aromatic carbocycles. The lowest BCUT2D eigenvalue weighted by Gasteiger charge is -2.36. The number of likely N-dealkylation sites (N-methyl/N-ethyl adjacent to an activating group) is 1. The van der Waals surface area contributed by atoms with Crippen LogP contribution in [0.2, 0.25) is 0 Å². The van der Waals surface area contributed by atoms with Gasteiger partial charge in [0, 0.05) is 45.1 Å². The number of nitrogens with zero attached hydrogens (tertiary/aromatic N) is 3. The molecule has 1 amide bonds. The molecule has 0 aliphatic carbocycles. The van der Waals surface area contributed by atoms with Crippen molar-refractivity contribution in [1.29, 1.82) is 0 Å². The van der Waals surface area contributed by atoms with Crippen LogP contribution in [0.5, 0.6) is 0 Å². The van der Waals surface area contributed by atoms with Crippen LogP contribution >= 0.6 is 0 Å². The number of anilines is 2. The van der Waals surface area contributed by atoms with Gasteiger partial charge in [-0.05, 0) is 19.2 Å². The lowest BCUT2D eigenvalue weighted by Crippen LogP contribution is -2.45. The molecule has 0 radical (unpaired) electrons. The maximum atomic E-state index is 12.2. The predicted molar refractivity (Wildman–Crippen MR) is 85.4 cm³/mol. The van der Waals surface area contributed by atoms with E-state index in [0.29, 0.717) is 13.0 Å². The number of hydrogen-bond acceptors (Lipinski definition) is 3. The van der Waals surface area contributed by atoms with Gasteiger partial charge < -0.3 is 14.7 Å². The van der Waals surface area contributed by atoms with Gasteiger partial charge in [0.05, 0.1) is 11.4 Å². The van der Waals surface area contributed by atoms with Crippen LogP contribution in [-0.2, 0) is 4.79 Å². The third-order valence-electron chi connectivity index (χ3n) is 4.38. The van der Waals surface area contributed by atoms with E-state index in [-0.39, 0.29) is 11.8 Å². The average Bonchev–Trinajstić information content (AvgIpc) is 2.89. The maximum Gasteiger partial charge on any atom is 0.228 e. The van der Waals surface area contributed by atoms with Gasteiger partial charge >= 0.3 is 0 Å². The van der Waals surface area contributed by atoms with Crippen molar-refractivity contribution in [2.24, 2.45) is 5.92 Å². The molecular weight excluding hydrogens is 262 g/mol. The van der Waals surface area contributed by atoms with Crippen LogP contribution in [0, 0.1) is 18.3 Å².